The van der Waals surface area contributed by atoms with E-state index >= 15 is 0 Å². The van der Waals surface area contributed by atoms with E-state index < -0.39 is 5.91 Å². The molecule has 1 aliphatic carbocycles. The third-order valence-corrected chi connectivity index (χ3v) is 4.94. The zero-order chi connectivity index (χ0) is 18.7. The van der Waals surface area contributed by atoms with Crippen molar-refractivity contribution in [2.24, 2.45) is 5.92 Å². The summed E-state index contributed by atoms with van der Waals surface area (Å²) < 4.78 is 7.86. The molecule has 3 rings (SSSR count). The van der Waals surface area contributed by atoms with Crippen LogP contribution in [0, 0.1) is 31.1 Å². The molecule has 2 N–H and O–H groups in total. The topological polar surface area (TPSA) is 96.2 Å². The monoisotopic (exact) mass is 356 g/mol. The van der Waals surface area contributed by atoms with Crippen molar-refractivity contribution in [2.75, 3.05) is 6.61 Å². The second kappa shape index (κ2) is 7.75. The molecule has 1 aromatic heterocycles. The number of hydrogen-bond donors (Lipinski definition) is 2. The highest BCUT2D eigenvalue weighted by atomic mass is 16.5. The molecule has 2 fully saturated rings. The molecule has 0 aromatic carbocycles. The Bertz CT molecular complexity index is 777. The second-order valence-corrected chi connectivity index (χ2v) is 6.96. The molecule has 1 saturated heterocycles. The third kappa shape index (κ3) is 4.14. The average Bonchev–Trinajstić information content (AvgIpc) is 3.30. The fourth-order valence-corrected chi connectivity index (χ4v) is 3.18. The van der Waals surface area contributed by atoms with E-state index in [-0.39, 0.29) is 23.5 Å². The Morgan fingerprint density at radius 1 is 1.35 bits per heavy atom. The van der Waals surface area contributed by atoms with Gasteiger partial charge in [-0.3, -0.25) is 20.4 Å². The summed E-state index contributed by atoms with van der Waals surface area (Å²) in [6.45, 7) is 5.55. The van der Waals surface area contributed by atoms with Crippen molar-refractivity contribution in [3.8, 4) is 6.07 Å². The summed E-state index contributed by atoms with van der Waals surface area (Å²) in [5.74, 6) is -0.822. The van der Waals surface area contributed by atoms with E-state index in [4.69, 9.17) is 4.74 Å². The van der Waals surface area contributed by atoms with Crippen LogP contribution in [0.4, 0.5) is 0 Å². The van der Waals surface area contributed by atoms with Gasteiger partial charge in [0.15, 0.2) is 0 Å². The average molecular weight is 356 g/mol. The second-order valence-electron chi connectivity index (χ2n) is 6.96. The molecule has 1 aromatic rings. The highest BCUT2D eigenvalue weighted by Gasteiger charge is 2.30. The first-order chi connectivity index (χ1) is 12.5. The molecule has 2 amide bonds. The highest BCUT2D eigenvalue weighted by Crippen LogP contribution is 2.28. The van der Waals surface area contributed by atoms with Gasteiger partial charge in [0.05, 0.1) is 6.10 Å². The summed E-state index contributed by atoms with van der Waals surface area (Å²) in [6.07, 6.45) is 5.61. The van der Waals surface area contributed by atoms with Crippen LogP contribution in [0.2, 0.25) is 0 Å². The number of aryl methyl sites for hydroxylation is 1. The minimum absolute atomic E-state index is 0.0125. The number of carbonyl (C=O) groups excluding carboxylic acids is 2. The maximum absolute atomic E-state index is 12.2. The van der Waals surface area contributed by atoms with E-state index in [1.165, 1.54) is 0 Å². The number of carbonyl (C=O) groups is 2. The Morgan fingerprint density at radius 3 is 2.73 bits per heavy atom. The van der Waals surface area contributed by atoms with Crippen molar-refractivity contribution < 1.29 is 14.3 Å². The standard InChI is InChI=1S/C19H24N4O3/c1-12-8-15(13(2)23(12)11-17-4-3-7-26-17)9-16(10-20)19(25)22-21-18(24)14-5-6-14/h8-9,14,17H,3-7,11H2,1-2H3,(H,21,24)(H,22,25)/b16-9+. The predicted molar refractivity (Wildman–Crippen MR) is 95.5 cm³/mol. The first-order valence-corrected chi connectivity index (χ1v) is 9.00. The number of nitrogens with one attached hydrogen (secondary N) is 2. The maximum Gasteiger partial charge on any atom is 0.280 e. The minimum Gasteiger partial charge on any atom is -0.376 e. The summed E-state index contributed by atoms with van der Waals surface area (Å²) in [6, 6.07) is 3.87. The van der Waals surface area contributed by atoms with Crippen LogP contribution >= 0.6 is 0 Å². The van der Waals surface area contributed by atoms with E-state index in [1.54, 1.807) is 6.08 Å². The van der Waals surface area contributed by atoms with Gasteiger partial charge in [0.1, 0.15) is 11.6 Å². The number of hydrazine groups is 1. The number of aromatic nitrogens is 1. The largest absolute Gasteiger partial charge is 0.376 e. The van der Waals surface area contributed by atoms with Crippen molar-refractivity contribution >= 4 is 17.9 Å². The van der Waals surface area contributed by atoms with Crippen LogP contribution in [-0.4, -0.2) is 29.1 Å². The normalized spacial score (nSPS) is 19.9. The predicted octanol–water partition coefficient (Wildman–Crippen LogP) is 1.75. The third-order valence-electron chi connectivity index (χ3n) is 4.94. The molecule has 1 unspecified atom stereocenters. The van der Waals surface area contributed by atoms with Crippen LogP contribution in [0.3, 0.4) is 0 Å². The van der Waals surface area contributed by atoms with Gasteiger partial charge in [-0.1, -0.05) is 0 Å². The summed E-state index contributed by atoms with van der Waals surface area (Å²) in [7, 11) is 0. The van der Waals surface area contributed by atoms with Gasteiger partial charge in [-0.2, -0.15) is 5.26 Å². The van der Waals surface area contributed by atoms with E-state index in [1.807, 2.05) is 26.0 Å². The van der Waals surface area contributed by atoms with Crippen molar-refractivity contribution in [3.63, 3.8) is 0 Å². The van der Waals surface area contributed by atoms with Crippen LogP contribution in [0.25, 0.3) is 6.08 Å². The SMILES string of the molecule is Cc1cc(/C=C(\C#N)C(=O)NNC(=O)C2CC2)c(C)n1CC1CCCO1. The molecule has 0 spiro atoms. The number of nitrogens with zero attached hydrogens (tertiary/aromatic N) is 2. The Morgan fingerprint density at radius 2 is 2.12 bits per heavy atom. The molecule has 26 heavy (non-hydrogen) atoms. The quantitative estimate of drug-likeness (QED) is 0.477. The maximum atomic E-state index is 12.2. The molecule has 2 aliphatic rings. The Hall–Kier alpha value is -2.59. The fourth-order valence-electron chi connectivity index (χ4n) is 3.18. The lowest BCUT2D eigenvalue weighted by molar-refractivity contribution is -0.127. The van der Waals surface area contributed by atoms with Gasteiger partial charge in [0, 0.05) is 30.5 Å². The van der Waals surface area contributed by atoms with Gasteiger partial charge < -0.3 is 9.30 Å². The molecule has 1 atom stereocenters. The Kier molecular flexibility index (Phi) is 5.43. The molecule has 0 bridgehead atoms. The van der Waals surface area contributed by atoms with E-state index in [2.05, 4.69) is 15.4 Å². The minimum atomic E-state index is -0.606. The summed E-state index contributed by atoms with van der Waals surface area (Å²) in [5, 5.41) is 9.32. The Labute approximate surface area is 153 Å². The van der Waals surface area contributed by atoms with Crippen LogP contribution in [0.1, 0.15) is 42.6 Å². The van der Waals surface area contributed by atoms with Crippen molar-refractivity contribution in [1.82, 2.24) is 15.4 Å². The number of ether oxygens (including phenoxy) is 1. The molecular formula is C19H24N4O3. The number of hydrogen-bond acceptors (Lipinski definition) is 4. The zero-order valence-electron chi connectivity index (χ0n) is 15.2. The van der Waals surface area contributed by atoms with Gasteiger partial charge in [-0.25, -0.2) is 0 Å². The number of amides is 2. The fraction of sp³-hybridized carbons (Fsp3) is 0.526. The molecule has 1 saturated carbocycles. The molecule has 0 radical (unpaired) electrons. The van der Waals surface area contributed by atoms with Crippen LogP contribution in [-0.2, 0) is 20.9 Å². The van der Waals surface area contributed by atoms with Crippen LogP contribution in [0.15, 0.2) is 11.6 Å². The molecule has 138 valence electrons. The van der Waals surface area contributed by atoms with Gasteiger partial charge in [-0.05, 0) is 57.2 Å². The molecule has 7 heteroatoms. The first-order valence-electron chi connectivity index (χ1n) is 9.00. The molecule has 2 heterocycles. The lowest BCUT2D eigenvalue weighted by atomic mass is 10.1. The molecule has 7 nitrogen and oxygen atoms in total. The summed E-state index contributed by atoms with van der Waals surface area (Å²) in [5.41, 5.74) is 7.51. The highest BCUT2D eigenvalue weighted by molar-refractivity contribution is 6.02. The van der Waals surface area contributed by atoms with Crippen LogP contribution in [0.5, 0.6) is 0 Å². The smallest absolute Gasteiger partial charge is 0.280 e. The van der Waals surface area contributed by atoms with Crippen molar-refractivity contribution in [1.29, 1.82) is 5.26 Å². The van der Waals surface area contributed by atoms with Gasteiger partial charge in [0.2, 0.25) is 5.91 Å². The number of nitriles is 1. The van der Waals surface area contributed by atoms with Crippen molar-refractivity contribution in [2.45, 2.75) is 52.2 Å². The van der Waals surface area contributed by atoms with E-state index in [0.29, 0.717) is 0 Å². The van der Waals surface area contributed by atoms with E-state index in [9.17, 15) is 14.9 Å². The number of rotatable bonds is 5. The van der Waals surface area contributed by atoms with Crippen LogP contribution < -0.4 is 10.9 Å². The lowest BCUT2D eigenvalue weighted by Gasteiger charge is -2.14. The lowest BCUT2D eigenvalue weighted by Crippen LogP contribution is -2.42. The van der Waals surface area contributed by atoms with Gasteiger partial charge in [-0.15, -0.1) is 0 Å². The first kappa shape index (κ1) is 18.2. The summed E-state index contributed by atoms with van der Waals surface area (Å²) >= 11 is 0. The molecular weight excluding hydrogens is 332 g/mol. The van der Waals surface area contributed by atoms with E-state index in [0.717, 1.165) is 55.8 Å². The zero-order valence-corrected chi connectivity index (χ0v) is 15.2. The Balaban J connectivity index is 1.70. The van der Waals surface area contributed by atoms with Crippen molar-refractivity contribution in [3.05, 3.63) is 28.6 Å². The van der Waals surface area contributed by atoms with Gasteiger partial charge in [0.25, 0.3) is 5.91 Å². The summed E-state index contributed by atoms with van der Waals surface area (Å²) in [4.78, 5) is 23.8. The van der Waals surface area contributed by atoms with Gasteiger partial charge >= 0.3 is 0 Å². The molecule has 1 aliphatic heterocycles.